The second-order valence-corrected chi connectivity index (χ2v) is 7.05. The van der Waals surface area contributed by atoms with Gasteiger partial charge in [-0.15, -0.1) is 0 Å². The number of carbonyl (C=O) groups excluding carboxylic acids is 1. The first-order valence-corrected chi connectivity index (χ1v) is 8.55. The minimum Gasteiger partial charge on any atom is -1.00 e. The van der Waals surface area contributed by atoms with E-state index in [4.69, 9.17) is 14.2 Å². The number of benzene rings is 1. The Kier molecular flexibility index (Phi) is 6.42. The Morgan fingerprint density at radius 2 is 1.81 bits per heavy atom. The summed E-state index contributed by atoms with van der Waals surface area (Å²) in [5, 5.41) is 3.49. The first-order chi connectivity index (χ1) is 11.9. The van der Waals surface area contributed by atoms with Gasteiger partial charge in [0, 0.05) is 36.0 Å². The van der Waals surface area contributed by atoms with Crippen molar-refractivity contribution in [3.63, 3.8) is 0 Å². The summed E-state index contributed by atoms with van der Waals surface area (Å²) in [5.41, 5.74) is 2.80. The van der Waals surface area contributed by atoms with Crippen LogP contribution in [0.15, 0.2) is 18.2 Å². The number of hydrogen-bond donors (Lipinski definition) is 1. The molecule has 6 nitrogen and oxygen atoms in total. The molecule has 0 bridgehead atoms. The fourth-order valence-electron chi connectivity index (χ4n) is 3.38. The summed E-state index contributed by atoms with van der Waals surface area (Å²) in [6, 6.07) is 3.94. The van der Waals surface area contributed by atoms with Crippen LogP contribution in [-0.2, 0) is 16.0 Å². The summed E-state index contributed by atoms with van der Waals surface area (Å²) < 4.78 is 16.2. The lowest BCUT2D eigenvalue weighted by molar-refractivity contribution is -0.129. The predicted molar refractivity (Wildman–Crippen MR) is 95.8 cm³/mol. The number of morpholine rings is 1. The van der Waals surface area contributed by atoms with E-state index in [9.17, 15) is 4.79 Å². The summed E-state index contributed by atoms with van der Waals surface area (Å²) in [6.45, 7) is 6.69. The molecule has 0 spiro atoms. The number of fused-ring (bicyclic) bond motifs is 1. The van der Waals surface area contributed by atoms with Gasteiger partial charge in [-0.3, -0.25) is 4.79 Å². The summed E-state index contributed by atoms with van der Waals surface area (Å²) in [4.78, 5) is 14.5. The lowest BCUT2D eigenvalue weighted by Gasteiger charge is -2.36. The van der Waals surface area contributed by atoms with Crippen LogP contribution < -0.4 is 27.2 Å². The van der Waals surface area contributed by atoms with Crippen LogP contribution in [0.3, 0.4) is 0 Å². The second kappa shape index (κ2) is 8.18. The first-order valence-electron chi connectivity index (χ1n) is 8.55. The van der Waals surface area contributed by atoms with Crippen LogP contribution in [0.1, 0.15) is 25.0 Å². The van der Waals surface area contributed by atoms with Crippen LogP contribution in [0.4, 0.5) is 0 Å². The molecule has 0 saturated carbocycles. The number of rotatable bonds is 3. The second-order valence-electron chi connectivity index (χ2n) is 7.05. The summed E-state index contributed by atoms with van der Waals surface area (Å²) in [5.74, 6) is 1.37. The molecular formula is C19H26ClN2O4-. The zero-order valence-electron chi connectivity index (χ0n) is 15.7. The van der Waals surface area contributed by atoms with Gasteiger partial charge in [-0.25, -0.2) is 0 Å². The Morgan fingerprint density at radius 3 is 2.42 bits per heavy atom. The molecule has 0 unspecified atom stereocenters. The maximum Gasteiger partial charge on any atom is 0.248 e. The van der Waals surface area contributed by atoms with Gasteiger partial charge in [0.25, 0.3) is 0 Å². The largest absolute Gasteiger partial charge is 1.00 e. The van der Waals surface area contributed by atoms with Crippen LogP contribution in [0.5, 0.6) is 11.5 Å². The number of amides is 1. The highest BCUT2D eigenvalue weighted by atomic mass is 35.5. The van der Waals surface area contributed by atoms with Crippen molar-refractivity contribution in [1.29, 1.82) is 0 Å². The third-order valence-corrected chi connectivity index (χ3v) is 4.60. The highest BCUT2D eigenvalue weighted by Gasteiger charge is 2.30. The molecule has 0 aromatic heterocycles. The van der Waals surface area contributed by atoms with E-state index in [2.05, 4.69) is 19.2 Å². The third kappa shape index (κ3) is 4.24. The molecule has 0 radical (unpaired) electrons. The number of carbonyl (C=O) groups is 1. The Balaban J connectivity index is 0.00000243. The number of nitrogens with one attached hydrogen (secondary N) is 1. The van der Waals surface area contributed by atoms with E-state index in [1.165, 1.54) is 0 Å². The Hall–Kier alpha value is -1.92. The Bertz CT molecular complexity index is 697. The van der Waals surface area contributed by atoms with Gasteiger partial charge < -0.3 is 36.8 Å². The van der Waals surface area contributed by atoms with Gasteiger partial charge in [-0.1, -0.05) is 0 Å². The van der Waals surface area contributed by atoms with Crippen molar-refractivity contribution in [2.24, 2.45) is 0 Å². The number of methoxy groups -OCH3 is 2. The molecule has 1 fully saturated rings. The van der Waals surface area contributed by atoms with E-state index in [-0.39, 0.29) is 23.9 Å². The number of ether oxygens (including phenoxy) is 3. The van der Waals surface area contributed by atoms with E-state index in [0.29, 0.717) is 37.8 Å². The average Bonchev–Trinajstić information content (AvgIpc) is 2.60. The van der Waals surface area contributed by atoms with Gasteiger partial charge >= 0.3 is 0 Å². The minimum atomic E-state index is -0.149. The molecule has 2 heterocycles. The molecule has 2 aliphatic rings. The molecule has 0 atom stereocenters. The van der Waals surface area contributed by atoms with Gasteiger partial charge in [0.15, 0.2) is 11.5 Å². The molecule has 2 aliphatic heterocycles. The maximum absolute atomic E-state index is 12.7. The fourth-order valence-corrected chi connectivity index (χ4v) is 3.38. The molecule has 1 saturated heterocycles. The standard InChI is InChI=1S/C19H26N2O4.ClH/c1-19(2)12-13-9-16(23-3)17(24-4)10-14(13)15(20-19)11-18(22)21-5-7-25-8-6-21;/h9-11,20H,5-8,12H2,1-4H3;1H/p-1/b15-11-;. The van der Waals surface area contributed by atoms with Gasteiger partial charge in [0.2, 0.25) is 5.91 Å². The smallest absolute Gasteiger partial charge is 0.248 e. The van der Waals surface area contributed by atoms with Gasteiger partial charge in [0.1, 0.15) is 0 Å². The molecule has 3 rings (SSSR count). The van der Waals surface area contributed by atoms with Gasteiger partial charge in [-0.2, -0.15) is 0 Å². The van der Waals surface area contributed by atoms with Crippen LogP contribution in [0.2, 0.25) is 0 Å². The molecule has 26 heavy (non-hydrogen) atoms. The maximum atomic E-state index is 12.7. The molecule has 0 aliphatic carbocycles. The number of nitrogens with zero attached hydrogens (tertiary/aromatic N) is 1. The Morgan fingerprint density at radius 1 is 1.19 bits per heavy atom. The quantitative estimate of drug-likeness (QED) is 0.669. The normalized spacial score (nSPS) is 19.8. The third-order valence-electron chi connectivity index (χ3n) is 4.60. The molecule has 1 aromatic carbocycles. The highest BCUT2D eigenvalue weighted by Crippen LogP contribution is 2.37. The molecular weight excluding hydrogens is 356 g/mol. The van der Waals surface area contributed by atoms with Gasteiger partial charge in [0.05, 0.1) is 27.4 Å². The van der Waals surface area contributed by atoms with Gasteiger partial charge in [-0.05, 0) is 38.0 Å². The van der Waals surface area contributed by atoms with Crippen molar-refractivity contribution in [2.45, 2.75) is 25.8 Å². The van der Waals surface area contributed by atoms with E-state index in [1.54, 1.807) is 20.3 Å². The topological polar surface area (TPSA) is 60.0 Å². The summed E-state index contributed by atoms with van der Waals surface area (Å²) in [7, 11) is 3.25. The van der Waals surface area contributed by atoms with Crippen LogP contribution in [0.25, 0.3) is 5.70 Å². The zero-order valence-corrected chi connectivity index (χ0v) is 16.5. The van der Waals surface area contributed by atoms with Crippen molar-refractivity contribution in [3.8, 4) is 11.5 Å². The molecule has 1 amide bonds. The molecule has 1 aromatic rings. The van der Waals surface area contributed by atoms with Crippen molar-refractivity contribution < 1.29 is 31.4 Å². The minimum absolute atomic E-state index is 0. The van der Waals surface area contributed by atoms with Crippen LogP contribution in [-0.4, -0.2) is 56.9 Å². The lowest BCUT2D eigenvalue weighted by Crippen LogP contribution is -3.00. The number of halogens is 1. The SMILES string of the molecule is COc1cc2c(cc1OC)/C(=C/C(=O)N1CCOCC1)NC(C)(C)C2.[Cl-]. The monoisotopic (exact) mass is 381 g/mol. The Labute approximate surface area is 160 Å². The van der Waals surface area contributed by atoms with E-state index >= 15 is 0 Å². The van der Waals surface area contributed by atoms with E-state index < -0.39 is 0 Å². The summed E-state index contributed by atoms with van der Waals surface area (Å²) in [6.07, 6.45) is 2.53. The van der Waals surface area contributed by atoms with E-state index in [0.717, 1.165) is 23.2 Å². The van der Waals surface area contributed by atoms with Crippen molar-refractivity contribution in [1.82, 2.24) is 10.2 Å². The molecule has 7 heteroatoms. The van der Waals surface area contributed by atoms with Crippen LogP contribution >= 0.6 is 0 Å². The highest BCUT2D eigenvalue weighted by molar-refractivity contribution is 5.96. The average molecular weight is 382 g/mol. The molecule has 1 N–H and O–H groups in total. The number of hydrogen-bond acceptors (Lipinski definition) is 5. The van der Waals surface area contributed by atoms with Crippen molar-refractivity contribution >= 4 is 11.6 Å². The fraction of sp³-hybridized carbons (Fsp3) is 0.526. The lowest BCUT2D eigenvalue weighted by atomic mass is 9.85. The summed E-state index contributed by atoms with van der Waals surface area (Å²) >= 11 is 0. The van der Waals surface area contributed by atoms with Crippen molar-refractivity contribution in [2.75, 3.05) is 40.5 Å². The van der Waals surface area contributed by atoms with Crippen molar-refractivity contribution in [3.05, 3.63) is 29.3 Å². The van der Waals surface area contributed by atoms with E-state index in [1.807, 2.05) is 17.0 Å². The predicted octanol–water partition coefficient (Wildman–Crippen LogP) is -1.17. The van der Waals surface area contributed by atoms with Crippen LogP contribution in [0, 0.1) is 0 Å². The molecule has 144 valence electrons. The first kappa shape index (κ1) is 20.4. The zero-order chi connectivity index (χ0) is 18.0.